The van der Waals surface area contributed by atoms with Crippen molar-refractivity contribution in [2.75, 3.05) is 6.61 Å². The molecule has 0 aromatic heterocycles. The lowest BCUT2D eigenvalue weighted by Crippen LogP contribution is -2.24. The van der Waals surface area contributed by atoms with Crippen molar-refractivity contribution >= 4 is 29.7 Å². The van der Waals surface area contributed by atoms with E-state index in [-0.39, 0.29) is 6.61 Å². The zero-order chi connectivity index (χ0) is 22.2. The van der Waals surface area contributed by atoms with Gasteiger partial charge in [0.2, 0.25) is 0 Å². The average Bonchev–Trinajstić information content (AvgIpc) is 2.77. The summed E-state index contributed by atoms with van der Waals surface area (Å²) in [6.45, 7) is 3.58. The summed E-state index contributed by atoms with van der Waals surface area (Å²) >= 11 is 6.12. The number of rotatable bonds is 7. The van der Waals surface area contributed by atoms with Crippen molar-refractivity contribution in [3.05, 3.63) is 94.0 Å². The Kier molecular flexibility index (Phi) is 7.40. The van der Waals surface area contributed by atoms with E-state index in [1.54, 1.807) is 60.7 Å². The van der Waals surface area contributed by atoms with Crippen molar-refractivity contribution in [1.82, 2.24) is 5.43 Å². The zero-order valence-corrected chi connectivity index (χ0v) is 17.8. The van der Waals surface area contributed by atoms with Crippen LogP contribution in [0.5, 0.6) is 11.5 Å². The molecular weight excluding hydrogens is 416 g/mol. The minimum Gasteiger partial charge on any atom is -0.484 e. The Labute approximate surface area is 185 Å². The number of hydrogen-bond acceptors (Lipinski definition) is 5. The molecule has 0 aliphatic rings. The number of hydrogen-bond donors (Lipinski definition) is 1. The van der Waals surface area contributed by atoms with Gasteiger partial charge in [-0.1, -0.05) is 29.8 Å². The summed E-state index contributed by atoms with van der Waals surface area (Å²) in [4.78, 5) is 24.0. The highest BCUT2D eigenvalue weighted by atomic mass is 35.5. The molecule has 0 aliphatic heterocycles. The largest absolute Gasteiger partial charge is 0.484 e. The van der Waals surface area contributed by atoms with Gasteiger partial charge in [-0.05, 0) is 79.1 Å². The van der Waals surface area contributed by atoms with Gasteiger partial charge in [-0.25, -0.2) is 10.2 Å². The van der Waals surface area contributed by atoms with Gasteiger partial charge in [-0.3, -0.25) is 4.79 Å². The van der Waals surface area contributed by atoms with Crippen LogP contribution in [0.2, 0.25) is 5.02 Å². The Balaban J connectivity index is 1.47. The highest BCUT2D eigenvalue weighted by molar-refractivity contribution is 6.32. The summed E-state index contributed by atoms with van der Waals surface area (Å²) in [6, 6.07) is 19.0. The van der Waals surface area contributed by atoms with Crippen LogP contribution < -0.4 is 14.9 Å². The van der Waals surface area contributed by atoms with E-state index in [1.165, 1.54) is 6.21 Å². The molecule has 6 nitrogen and oxygen atoms in total. The predicted octanol–water partition coefficient (Wildman–Crippen LogP) is 4.71. The van der Waals surface area contributed by atoms with Crippen molar-refractivity contribution < 1.29 is 19.1 Å². The summed E-state index contributed by atoms with van der Waals surface area (Å²) in [5, 5.41) is 4.59. The fraction of sp³-hybridized carbons (Fsp3) is 0.125. The highest BCUT2D eigenvalue weighted by Crippen LogP contribution is 2.25. The number of nitrogens with one attached hydrogen (secondary N) is 1. The molecule has 0 radical (unpaired) electrons. The smallest absolute Gasteiger partial charge is 0.343 e. The van der Waals surface area contributed by atoms with E-state index in [1.807, 2.05) is 19.9 Å². The molecule has 0 heterocycles. The minimum absolute atomic E-state index is 0.174. The van der Waals surface area contributed by atoms with Gasteiger partial charge in [0.05, 0.1) is 11.8 Å². The van der Waals surface area contributed by atoms with Crippen LogP contribution in [0, 0.1) is 13.8 Å². The Morgan fingerprint density at radius 1 is 0.968 bits per heavy atom. The summed E-state index contributed by atoms with van der Waals surface area (Å²) in [5.74, 6) is 0.159. The minimum atomic E-state index is -0.430. The van der Waals surface area contributed by atoms with Crippen molar-refractivity contribution in [2.24, 2.45) is 5.10 Å². The first-order chi connectivity index (χ1) is 14.9. The molecule has 3 rings (SSSR count). The van der Waals surface area contributed by atoms with E-state index < -0.39 is 11.9 Å². The normalized spacial score (nSPS) is 10.7. The molecule has 0 bridgehead atoms. The monoisotopic (exact) mass is 436 g/mol. The quantitative estimate of drug-likeness (QED) is 0.252. The van der Waals surface area contributed by atoms with Gasteiger partial charge in [0.25, 0.3) is 5.91 Å². The summed E-state index contributed by atoms with van der Waals surface area (Å²) in [7, 11) is 0. The first-order valence-corrected chi connectivity index (χ1v) is 9.89. The molecule has 3 aromatic carbocycles. The van der Waals surface area contributed by atoms with Crippen LogP contribution in [0.25, 0.3) is 0 Å². The van der Waals surface area contributed by atoms with E-state index in [0.29, 0.717) is 22.1 Å². The van der Waals surface area contributed by atoms with Crippen LogP contribution in [0.3, 0.4) is 0 Å². The lowest BCUT2D eigenvalue weighted by atomic mass is 10.1. The van der Waals surface area contributed by atoms with E-state index >= 15 is 0 Å². The molecule has 0 saturated heterocycles. The van der Waals surface area contributed by atoms with Crippen LogP contribution in [-0.2, 0) is 4.79 Å². The van der Waals surface area contributed by atoms with Crippen LogP contribution in [0.4, 0.5) is 0 Å². The Bertz CT molecular complexity index is 1070. The van der Waals surface area contributed by atoms with Gasteiger partial charge in [-0.15, -0.1) is 0 Å². The highest BCUT2D eigenvalue weighted by Gasteiger charge is 2.08. The van der Waals surface area contributed by atoms with Crippen molar-refractivity contribution in [3.63, 3.8) is 0 Å². The molecule has 0 saturated carbocycles. The van der Waals surface area contributed by atoms with E-state index in [4.69, 9.17) is 21.1 Å². The molecule has 3 aromatic rings. The van der Waals surface area contributed by atoms with Crippen molar-refractivity contribution in [1.29, 1.82) is 0 Å². The Morgan fingerprint density at radius 3 is 2.26 bits per heavy atom. The topological polar surface area (TPSA) is 77.0 Å². The fourth-order valence-corrected chi connectivity index (χ4v) is 2.82. The van der Waals surface area contributed by atoms with Crippen LogP contribution >= 0.6 is 11.6 Å². The third kappa shape index (κ3) is 6.42. The maximum absolute atomic E-state index is 12.0. The number of halogens is 1. The molecule has 7 heteroatoms. The third-order valence-corrected chi connectivity index (χ3v) is 4.88. The maximum Gasteiger partial charge on any atom is 0.343 e. The lowest BCUT2D eigenvalue weighted by Gasteiger charge is -2.09. The van der Waals surface area contributed by atoms with Crippen molar-refractivity contribution in [3.8, 4) is 11.5 Å². The van der Waals surface area contributed by atoms with Gasteiger partial charge in [-0.2, -0.15) is 5.10 Å². The van der Waals surface area contributed by atoms with Crippen LogP contribution in [0.15, 0.2) is 71.8 Å². The second-order valence-corrected chi connectivity index (χ2v) is 7.16. The number of carbonyl (C=O) groups excluding carboxylic acids is 2. The average molecular weight is 437 g/mol. The number of benzene rings is 3. The molecule has 1 amide bonds. The summed E-state index contributed by atoms with van der Waals surface area (Å²) in [6.07, 6.45) is 1.48. The second kappa shape index (κ2) is 10.4. The first-order valence-electron chi connectivity index (χ1n) is 9.51. The van der Waals surface area contributed by atoms with Gasteiger partial charge in [0, 0.05) is 5.02 Å². The number of hydrazone groups is 1. The molecular formula is C24H21ClN2O4. The third-order valence-electron chi connectivity index (χ3n) is 4.28. The van der Waals surface area contributed by atoms with E-state index in [2.05, 4.69) is 10.5 Å². The number of nitrogens with zero attached hydrogens (tertiary/aromatic N) is 1. The molecule has 0 unspecified atom stereocenters. The second-order valence-electron chi connectivity index (χ2n) is 6.78. The van der Waals surface area contributed by atoms with Gasteiger partial charge in [0.1, 0.15) is 11.5 Å². The summed E-state index contributed by atoms with van der Waals surface area (Å²) < 4.78 is 10.8. The molecule has 31 heavy (non-hydrogen) atoms. The number of ether oxygens (including phenoxy) is 2. The molecule has 0 fully saturated rings. The molecule has 0 spiro atoms. The standard InChI is InChI=1S/C24H21ClN2O4/c1-16-12-21(13-17(2)23(16)25)30-15-22(28)27-26-14-18-8-10-20(11-9-18)31-24(29)19-6-4-3-5-7-19/h3-14H,15H2,1-2H3,(H,27,28)/b26-14-. The number of carbonyl (C=O) groups is 2. The first kappa shape index (κ1) is 22.1. The SMILES string of the molecule is Cc1cc(OCC(=O)N/N=C\c2ccc(OC(=O)c3ccccc3)cc2)cc(C)c1Cl. The van der Waals surface area contributed by atoms with Crippen molar-refractivity contribution in [2.45, 2.75) is 13.8 Å². The van der Waals surface area contributed by atoms with Crippen LogP contribution in [-0.4, -0.2) is 24.7 Å². The number of esters is 1. The molecule has 1 N–H and O–H groups in total. The zero-order valence-electron chi connectivity index (χ0n) is 17.1. The number of aryl methyl sites for hydroxylation is 2. The van der Waals surface area contributed by atoms with Gasteiger partial charge >= 0.3 is 5.97 Å². The number of amides is 1. The summed E-state index contributed by atoms with van der Waals surface area (Å²) in [5.41, 5.74) is 5.37. The van der Waals surface area contributed by atoms with Gasteiger partial charge < -0.3 is 9.47 Å². The lowest BCUT2D eigenvalue weighted by molar-refractivity contribution is -0.123. The Morgan fingerprint density at radius 2 is 1.61 bits per heavy atom. The Hall–Kier alpha value is -3.64. The maximum atomic E-state index is 12.0. The molecule has 158 valence electrons. The van der Waals surface area contributed by atoms with Crippen LogP contribution in [0.1, 0.15) is 27.0 Å². The van der Waals surface area contributed by atoms with Gasteiger partial charge in [0.15, 0.2) is 6.61 Å². The predicted molar refractivity (Wildman–Crippen MR) is 120 cm³/mol. The molecule has 0 aliphatic carbocycles. The molecule has 0 atom stereocenters. The van der Waals surface area contributed by atoms with E-state index in [0.717, 1.165) is 16.7 Å². The van der Waals surface area contributed by atoms with E-state index in [9.17, 15) is 9.59 Å². The fourth-order valence-electron chi connectivity index (χ4n) is 2.71.